The topological polar surface area (TPSA) is 56.5 Å². The first-order valence-electron chi connectivity index (χ1n) is 6.13. The van der Waals surface area contributed by atoms with E-state index in [0.717, 1.165) is 11.8 Å². The molecule has 0 atom stereocenters. The lowest BCUT2D eigenvalue weighted by Crippen LogP contribution is -2.19. The minimum absolute atomic E-state index is 0.212. The van der Waals surface area contributed by atoms with Crippen LogP contribution in [0, 0.1) is 6.92 Å². The van der Waals surface area contributed by atoms with Crippen molar-refractivity contribution in [2.45, 2.75) is 18.0 Å². The van der Waals surface area contributed by atoms with E-state index in [2.05, 4.69) is 20.1 Å². The molecule has 0 N–H and O–H groups in total. The van der Waals surface area contributed by atoms with Crippen LogP contribution in [0.3, 0.4) is 0 Å². The molecule has 1 aromatic carbocycles. The molecule has 0 radical (unpaired) electrons. The van der Waals surface area contributed by atoms with E-state index < -0.39 is 26.5 Å². The van der Waals surface area contributed by atoms with E-state index in [4.69, 9.17) is 4.42 Å². The number of alkyl halides is 3. The Morgan fingerprint density at radius 1 is 1.17 bits per heavy atom. The number of hydrogen-bond donors (Lipinski definition) is 0. The van der Waals surface area contributed by atoms with Gasteiger partial charge in [0.2, 0.25) is 5.76 Å². The third-order valence-corrected chi connectivity index (χ3v) is 4.68. The summed E-state index contributed by atoms with van der Waals surface area (Å²) in [5.41, 5.74) is 0.757. The van der Waals surface area contributed by atoms with Gasteiger partial charge in [0.25, 0.3) is 0 Å². The summed E-state index contributed by atoms with van der Waals surface area (Å²) < 4.78 is 72.1. The Bertz CT molecular complexity index is 807. The Kier molecular flexibility index (Phi) is 4.90. The van der Waals surface area contributed by atoms with Crippen LogP contribution < -0.4 is 0 Å². The fourth-order valence-electron chi connectivity index (χ4n) is 1.59. The second-order valence-electron chi connectivity index (χ2n) is 4.47. The molecule has 0 spiro atoms. The molecule has 0 saturated carbocycles. The highest BCUT2D eigenvalue weighted by molar-refractivity contribution is 9.15. The lowest BCUT2D eigenvalue weighted by atomic mass is 10.2. The molecule has 9 heteroatoms. The number of halogens is 4. The highest BCUT2D eigenvalue weighted by Crippen LogP contribution is 2.38. The molecule has 4 nitrogen and oxygen atoms in total. The quantitative estimate of drug-likeness (QED) is 0.544. The molecule has 0 saturated heterocycles. The summed E-state index contributed by atoms with van der Waals surface area (Å²) in [5, 5.41) is 0. The monoisotopic (exact) mass is 410 g/mol. The largest absolute Gasteiger partial charge is 0.464 e. The van der Waals surface area contributed by atoms with Crippen LogP contribution in [0.25, 0.3) is 4.48 Å². The maximum atomic E-state index is 13.2. The Morgan fingerprint density at radius 2 is 1.78 bits per heavy atom. The molecule has 0 bridgehead atoms. The van der Waals surface area contributed by atoms with Gasteiger partial charge in [-0.3, -0.25) is 0 Å². The molecule has 0 fully saturated rings. The van der Waals surface area contributed by atoms with Gasteiger partial charge in [0.15, 0.2) is 0 Å². The second kappa shape index (κ2) is 6.40. The Morgan fingerprint density at radius 3 is 2.26 bits per heavy atom. The van der Waals surface area contributed by atoms with Gasteiger partial charge in [0.1, 0.15) is 15.1 Å². The number of hydrogen-bond acceptors (Lipinski definition) is 4. The number of aryl methyl sites for hydroxylation is 1. The zero-order valence-electron chi connectivity index (χ0n) is 11.6. The highest BCUT2D eigenvalue weighted by Gasteiger charge is 2.42. The van der Waals surface area contributed by atoms with Crippen LogP contribution in [0.15, 0.2) is 57.7 Å². The molecule has 23 heavy (non-hydrogen) atoms. The van der Waals surface area contributed by atoms with Crippen LogP contribution >= 0.6 is 15.9 Å². The number of furan rings is 1. The van der Waals surface area contributed by atoms with E-state index in [1.54, 1.807) is 6.92 Å². The lowest BCUT2D eigenvalue weighted by Gasteiger charge is -2.15. The van der Waals surface area contributed by atoms with E-state index in [-0.39, 0.29) is 10.7 Å². The van der Waals surface area contributed by atoms with Gasteiger partial charge in [-0.15, -0.1) is 0 Å². The van der Waals surface area contributed by atoms with E-state index in [1.807, 2.05) is 0 Å². The van der Waals surface area contributed by atoms with Gasteiger partial charge < -0.3 is 8.60 Å². The third kappa shape index (κ3) is 4.17. The van der Waals surface area contributed by atoms with Crippen molar-refractivity contribution in [3.63, 3.8) is 0 Å². The van der Waals surface area contributed by atoms with Crippen molar-refractivity contribution < 1.29 is 30.2 Å². The summed E-state index contributed by atoms with van der Waals surface area (Å²) in [5.74, 6) is -1.93. The summed E-state index contributed by atoms with van der Waals surface area (Å²) in [7, 11) is -4.65. The summed E-state index contributed by atoms with van der Waals surface area (Å²) in [6, 6.07) is 7.83. The van der Waals surface area contributed by atoms with Crippen molar-refractivity contribution in [2.75, 3.05) is 0 Å². The molecular formula is C14H10BrF3O4S. The number of benzene rings is 1. The van der Waals surface area contributed by atoms with Gasteiger partial charge in [-0.05, 0) is 47.1 Å². The fraction of sp³-hybridized carbons (Fsp3) is 0.143. The number of allylic oxidation sites excluding steroid dienone is 1. The molecule has 0 aliphatic heterocycles. The Hall–Kier alpha value is -1.74. The van der Waals surface area contributed by atoms with Crippen LogP contribution in [-0.4, -0.2) is 14.6 Å². The zero-order valence-corrected chi connectivity index (χ0v) is 14.0. The molecule has 2 rings (SSSR count). The van der Waals surface area contributed by atoms with Crippen molar-refractivity contribution in [1.82, 2.24) is 0 Å². The van der Waals surface area contributed by atoms with Gasteiger partial charge >= 0.3 is 16.3 Å². The molecule has 1 aromatic heterocycles. The van der Waals surface area contributed by atoms with Gasteiger partial charge in [0.05, 0.1) is 6.26 Å². The van der Waals surface area contributed by atoms with E-state index in [9.17, 15) is 21.6 Å². The van der Waals surface area contributed by atoms with Crippen molar-refractivity contribution in [1.29, 1.82) is 0 Å². The maximum absolute atomic E-state index is 13.2. The van der Waals surface area contributed by atoms with E-state index in [1.165, 1.54) is 36.4 Å². The maximum Gasteiger partial charge on any atom is 0.452 e. The predicted octanol–water partition coefficient (Wildman–Crippen LogP) is 4.62. The first kappa shape index (κ1) is 17.6. The smallest absolute Gasteiger partial charge is 0.452 e. The summed E-state index contributed by atoms with van der Waals surface area (Å²) >= 11 is 2.68. The molecule has 0 aliphatic carbocycles. The minimum Gasteiger partial charge on any atom is -0.464 e. The van der Waals surface area contributed by atoms with Gasteiger partial charge in [0, 0.05) is 0 Å². The second-order valence-corrected chi connectivity index (χ2v) is 6.81. The molecule has 1 heterocycles. The molecule has 124 valence electrons. The van der Waals surface area contributed by atoms with E-state index in [0.29, 0.717) is 0 Å². The molecular weight excluding hydrogens is 401 g/mol. The van der Waals surface area contributed by atoms with Crippen molar-refractivity contribution in [2.24, 2.45) is 0 Å². The zero-order chi connectivity index (χ0) is 17.3. The van der Waals surface area contributed by atoms with Crippen LogP contribution in [0.5, 0.6) is 0 Å². The van der Waals surface area contributed by atoms with Gasteiger partial charge in [-0.2, -0.15) is 21.6 Å². The lowest BCUT2D eigenvalue weighted by molar-refractivity contribution is -0.114. The third-order valence-electron chi connectivity index (χ3n) is 2.70. The van der Waals surface area contributed by atoms with Gasteiger partial charge in [-0.1, -0.05) is 17.7 Å². The standard InChI is InChI=1S/C14H10BrF3O4S/c1-9-4-6-10(7-5-9)23(19,20)22-13(14(16,17)18)12(15)11-3-2-8-21-11/h2-8H,1H3/b13-12+. The van der Waals surface area contributed by atoms with Crippen molar-refractivity contribution in [3.8, 4) is 0 Å². The van der Waals surface area contributed by atoms with Crippen molar-refractivity contribution in [3.05, 3.63) is 59.7 Å². The first-order valence-corrected chi connectivity index (χ1v) is 8.33. The SMILES string of the molecule is Cc1ccc(S(=O)(=O)O/C(=C(/Br)c2ccco2)C(F)(F)F)cc1. The van der Waals surface area contributed by atoms with Crippen LogP contribution in [-0.2, 0) is 14.3 Å². The minimum atomic E-state index is -5.04. The van der Waals surface area contributed by atoms with Crippen LogP contribution in [0.1, 0.15) is 11.3 Å². The summed E-state index contributed by atoms with van der Waals surface area (Å²) in [6.07, 6.45) is -3.89. The molecule has 2 aromatic rings. The average molecular weight is 411 g/mol. The predicted molar refractivity (Wildman–Crippen MR) is 80.1 cm³/mol. The van der Waals surface area contributed by atoms with Crippen molar-refractivity contribution >= 4 is 30.5 Å². The Balaban J connectivity index is 2.47. The summed E-state index contributed by atoms with van der Waals surface area (Å²) in [6.45, 7) is 1.71. The summed E-state index contributed by atoms with van der Waals surface area (Å²) in [4.78, 5) is -0.385. The van der Waals surface area contributed by atoms with Crippen LogP contribution in [0.4, 0.5) is 13.2 Å². The first-order chi connectivity index (χ1) is 10.6. The molecule has 0 amide bonds. The normalized spacial score (nSPS) is 13.6. The molecule has 0 aliphatic rings. The molecule has 0 unspecified atom stereocenters. The average Bonchev–Trinajstić information content (AvgIpc) is 2.97. The van der Waals surface area contributed by atoms with E-state index >= 15 is 0 Å². The van der Waals surface area contributed by atoms with Crippen LogP contribution in [0.2, 0.25) is 0 Å². The Labute approximate surface area is 138 Å². The van der Waals surface area contributed by atoms with Gasteiger partial charge in [-0.25, -0.2) is 0 Å². The number of rotatable bonds is 4. The highest BCUT2D eigenvalue weighted by atomic mass is 79.9. The fourth-order valence-corrected chi connectivity index (χ4v) is 3.19.